The summed E-state index contributed by atoms with van der Waals surface area (Å²) in [5.74, 6) is 0. The number of rotatable bonds is 6. The Kier molecular flexibility index (Phi) is 5.81. The van der Waals surface area contributed by atoms with E-state index in [0.29, 0.717) is 26.1 Å². The van der Waals surface area contributed by atoms with Gasteiger partial charge in [-0.25, -0.2) is 0 Å². The number of hydrogen-bond donors (Lipinski definition) is 2. The fraction of sp³-hybridized carbons (Fsp3) is 1.00. The quantitative estimate of drug-likeness (QED) is 0.669. The number of piperidine rings is 1. The fourth-order valence-corrected chi connectivity index (χ4v) is 3.70. The fourth-order valence-electron chi connectivity index (χ4n) is 2.07. The maximum Gasteiger partial charge on any atom is 0.282 e. The smallest absolute Gasteiger partial charge is 0.282 e. The van der Waals surface area contributed by atoms with Crippen LogP contribution in [0, 0.1) is 0 Å². The van der Waals surface area contributed by atoms with Crippen molar-refractivity contribution in [1.82, 2.24) is 8.61 Å². The molecule has 0 bridgehead atoms. The molecule has 1 atom stereocenters. The van der Waals surface area contributed by atoms with Gasteiger partial charge in [0.25, 0.3) is 10.2 Å². The predicted octanol–water partition coefficient (Wildman–Crippen LogP) is -0.641. The highest BCUT2D eigenvalue weighted by Crippen LogP contribution is 2.21. The number of nitrogens with two attached hydrogens (primary N) is 1. The second-order valence-corrected chi connectivity index (χ2v) is 6.40. The Bertz CT molecular complexity index is 321. The highest BCUT2D eigenvalue weighted by atomic mass is 32.2. The van der Waals surface area contributed by atoms with Crippen molar-refractivity contribution in [2.45, 2.75) is 31.7 Å². The number of aliphatic hydroxyl groups is 1. The standard InChI is InChI=1S/C10H23N3O3S/c1-12(7-4-6-11)17(15,16)13-8-3-2-5-10(13)9-14/h10,14H,2-9,11H2,1H3. The zero-order valence-corrected chi connectivity index (χ0v) is 11.2. The summed E-state index contributed by atoms with van der Waals surface area (Å²) in [6.45, 7) is 1.29. The summed E-state index contributed by atoms with van der Waals surface area (Å²) < 4.78 is 27.3. The van der Waals surface area contributed by atoms with Gasteiger partial charge in [-0.3, -0.25) is 0 Å². The van der Waals surface area contributed by atoms with Gasteiger partial charge in [-0.1, -0.05) is 6.42 Å². The molecule has 1 saturated heterocycles. The van der Waals surface area contributed by atoms with Crippen LogP contribution < -0.4 is 5.73 Å². The number of hydrogen-bond acceptors (Lipinski definition) is 4. The molecule has 1 aliphatic heterocycles. The number of aliphatic hydroxyl groups excluding tert-OH is 1. The first-order valence-corrected chi connectivity index (χ1v) is 7.47. The van der Waals surface area contributed by atoms with Gasteiger partial charge in [0, 0.05) is 26.2 Å². The van der Waals surface area contributed by atoms with Gasteiger partial charge in [0.15, 0.2) is 0 Å². The summed E-state index contributed by atoms with van der Waals surface area (Å²) in [5, 5.41) is 9.24. The minimum atomic E-state index is -3.44. The van der Waals surface area contributed by atoms with E-state index in [-0.39, 0.29) is 12.6 Å². The molecule has 1 heterocycles. The minimum Gasteiger partial charge on any atom is -0.395 e. The van der Waals surface area contributed by atoms with Crippen molar-refractivity contribution in [3.8, 4) is 0 Å². The molecule has 0 saturated carbocycles. The van der Waals surface area contributed by atoms with Gasteiger partial charge in [0.1, 0.15) is 0 Å². The van der Waals surface area contributed by atoms with Crippen molar-refractivity contribution >= 4 is 10.2 Å². The summed E-state index contributed by atoms with van der Waals surface area (Å²) in [5.41, 5.74) is 5.38. The third-order valence-electron chi connectivity index (χ3n) is 3.15. The topological polar surface area (TPSA) is 86.9 Å². The van der Waals surface area contributed by atoms with Crippen LogP contribution in [-0.2, 0) is 10.2 Å². The van der Waals surface area contributed by atoms with Crippen molar-refractivity contribution in [3.05, 3.63) is 0 Å². The Morgan fingerprint density at radius 2 is 2.18 bits per heavy atom. The largest absolute Gasteiger partial charge is 0.395 e. The van der Waals surface area contributed by atoms with Crippen molar-refractivity contribution < 1.29 is 13.5 Å². The lowest BCUT2D eigenvalue weighted by Crippen LogP contribution is -2.51. The molecule has 0 aliphatic carbocycles. The molecule has 0 aromatic carbocycles. The molecule has 0 aromatic rings. The van der Waals surface area contributed by atoms with Crippen molar-refractivity contribution in [2.24, 2.45) is 5.73 Å². The molecule has 0 radical (unpaired) electrons. The van der Waals surface area contributed by atoms with Crippen LogP contribution in [0.2, 0.25) is 0 Å². The maximum absolute atomic E-state index is 12.3. The van der Waals surface area contributed by atoms with E-state index in [1.54, 1.807) is 7.05 Å². The first-order valence-electron chi connectivity index (χ1n) is 6.08. The van der Waals surface area contributed by atoms with E-state index in [1.807, 2.05) is 0 Å². The van der Waals surface area contributed by atoms with Crippen molar-refractivity contribution in [2.75, 3.05) is 33.3 Å². The molecule has 102 valence electrons. The highest BCUT2D eigenvalue weighted by Gasteiger charge is 2.34. The second kappa shape index (κ2) is 6.65. The van der Waals surface area contributed by atoms with E-state index >= 15 is 0 Å². The molecule has 0 spiro atoms. The normalized spacial score (nSPS) is 23.2. The van der Waals surface area contributed by atoms with Crippen LogP contribution in [0.3, 0.4) is 0 Å². The third kappa shape index (κ3) is 3.62. The molecule has 1 unspecified atom stereocenters. The molecule has 17 heavy (non-hydrogen) atoms. The van der Waals surface area contributed by atoms with Crippen molar-refractivity contribution in [3.63, 3.8) is 0 Å². The first-order chi connectivity index (χ1) is 8.04. The Morgan fingerprint density at radius 3 is 2.76 bits per heavy atom. The molecular weight excluding hydrogens is 242 g/mol. The van der Waals surface area contributed by atoms with E-state index in [0.717, 1.165) is 19.3 Å². The Labute approximate surface area is 104 Å². The summed E-state index contributed by atoms with van der Waals surface area (Å²) in [4.78, 5) is 0. The van der Waals surface area contributed by atoms with Crippen LogP contribution in [0.1, 0.15) is 25.7 Å². The second-order valence-electron chi connectivity index (χ2n) is 4.41. The molecular formula is C10H23N3O3S. The van der Waals surface area contributed by atoms with E-state index < -0.39 is 10.2 Å². The third-order valence-corrected chi connectivity index (χ3v) is 5.19. The summed E-state index contributed by atoms with van der Waals surface area (Å²) in [6, 6.07) is -0.269. The molecule has 6 nitrogen and oxygen atoms in total. The lowest BCUT2D eigenvalue weighted by molar-refractivity contribution is 0.149. The Hall–Kier alpha value is -0.210. The van der Waals surface area contributed by atoms with Gasteiger partial charge in [0.2, 0.25) is 0 Å². The van der Waals surface area contributed by atoms with Crippen LogP contribution in [0.15, 0.2) is 0 Å². The lowest BCUT2D eigenvalue weighted by Gasteiger charge is -2.36. The summed E-state index contributed by atoms with van der Waals surface area (Å²) in [7, 11) is -1.88. The molecule has 3 N–H and O–H groups in total. The maximum atomic E-state index is 12.3. The van der Waals surface area contributed by atoms with E-state index in [2.05, 4.69) is 0 Å². The number of nitrogens with zero attached hydrogens (tertiary/aromatic N) is 2. The van der Waals surface area contributed by atoms with Crippen LogP contribution in [-0.4, -0.2) is 61.5 Å². The first kappa shape index (κ1) is 14.8. The van der Waals surface area contributed by atoms with Gasteiger partial charge < -0.3 is 10.8 Å². The van der Waals surface area contributed by atoms with Gasteiger partial charge in [-0.05, 0) is 25.8 Å². The van der Waals surface area contributed by atoms with Gasteiger partial charge in [-0.2, -0.15) is 17.0 Å². The highest BCUT2D eigenvalue weighted by molar-refractivity contribution is 7.86. The SMILES string of the molecule is CN(CCCN)S(=O)(=O)N1CCCCC1CO. The predicted molar refractivity (Wildman–Crippen MR) is 66.7 cm³/mol. The van der Waals surface area contributed by atoms with E-state index in [1.165, 1.54) is 8.61 Å². The average Bonchev–Trinajstić information content (AvgIpc) is 2.35. The summed E-state index contributed by atoms with van der Waals surface area (Å²) in [6.07, 6.45) is 3.22. The van der Waals surface area contributed by atoms with Gasteiger partial charge in [0.05, 0.1) is 6.61 Å². The zero-order valence-electron chi connectivity index (χ0n) is 10.4. The van der Waals surface area contributed by atoms with E-state index in [9.17, 15) is 13.5 Å². The molecule has 7 heteroatoms. The minimum absolute atomic E-state index is 0.107. The Balaban J connectivity index is 2.73. The molecule has 1 fully saturated rings. The molecule has 1 aliphatic rings. The molecule has 0 amide bonds. The van der Waals surface area contributed by atoms with Crippen LogP contribution in [0.5, 0.6) is 0 Å². The zero-order chi connectivity index (χ0) is 12.9. The van der Waals surface area contributed by atoms with E-state index in [4.69, 9.17) is 5.73 Å². The van der Waals surface area contributed by atoms with Crippen LogP contribution in [0.4, 0.5) is 0 Å². The van der Waals surface area contributed by atoms with Crippen LogP contribution in [0.25, 0.3) is 0 Å². The summed E-state index contributed by atoms with van der Waals surface area (Å²) >= 11 is 0. The van der Waals surface area contributed by atoms with Crippen molar-refractivity contribution in [1.29, 1.82) is 0 Å². The van der Waals surface area contributed by atoms with Gasteiger partial charge in [-0.15, -0.1) is 0 Å². The lowest BCUT2D eigenvalue weighted by atomic mass is 10.1. The monoisotopic (exact) mass is 265 g/mol. The Morgan fingerprint density at radius 1 is 1.47 bits per heavy atom. The van der Waals surface area contributed by atoms with Crippen LogP contribution >= 0.6 is 0 Å². The van der Waals surface area contributed by atoms with Gasteiger partial charge >= 0.3 is 0 Å². The molecule has 1 rings (SSSR count). The average molecular weight is 265 g/mol. The molecule has 0 aromatic heterocycles.